The second-order valence-corrected chi connectivity index (χ2v) is 5.41. The van der Waals surface area contributed by atoms with Gasteiger partial charge in [0.15, 0.2) is 0 Å². The predicted octanol–water partition coefficient (Wildman–Crippen LogP) is 2.30. The molecule has 1 aliphatic rings. The summed E-state index contributed by atoms with van der Waals surface area (Å²) in [7, 11) is 0. The van der Waals surface area contributed by atoms with Gasteiger partial charge in [0.05, 0.1) is 5.57 Å². The Balaban J connectivity index is 2.41. The van der Waals surface area contributed by atoms with E-state index < -0.39 is 5.91 Å². The molecule has 0 aliphatic heterocycles. The van der Waals surface area contributed by atoms with Gasteiger partial charge in [-0.05, 0) is 46.4 Å². The predicted molar refractivity (Wildman–Crippen MR) is 76.5 cm³/mol. The molecule has 0 heterocycles. The van der Waals surface area contributed by atoms with Gasteiger partial charge in [-0.25, -0.2) is 0 Å². The van der Waals surface area contributed by atoms with Crippen LogP contribution in [0.5, 0.6) is 0 Å². The Morgan fingerprint density at radius 2 is 2.06 bits per heavy atom. The van der Waals surface area contributed by atoms with E-state index in [2.05, 4.69) is 22.6 Å². The van der Waals surface area contributed by atoms with Crippen LogP contribution >= 0.6 is 34.2 Å². The van der Waals surface area contributed by atoms with Crippen LogP contribution in [-0.4, -0.2) is 5.91 Å². The van der Waals surface area contributed by atoms with Crippen molar-refractivity contribution < 1.29 is 4.79 Å². The first kappa shape index (κ1) is 12.4. The molecular weight excluding hydrogens is 351 g/mol. The quantitative estimate of drug-likeness (QED) is 0.795. The number of hydrogen-bond donors (Lipinski definition) is 2. The number of allylic oxidation sites excluding steroid dienone is 2. The van der Waals surface area contributed by atoms with E-state index >= 15 is 0 Å². The summed E-state index contributed by atoms with van der Waals surface area (Å²) in [4.78, 5) is 11.1. The Hall–Kier alpha value is -1.01. The van der Waals surface area contributed by atoms with E-state index in [0.29, 0.717) is 16.3 Å². The number of carbonyl (C=O) groups excluding carboxylic acids is 1. The van der Waals surface area contributed by atoms with Crippen molar-refractivity contribution in [1.82, 2.24) is 0 Å². The van der Waals surface area contributed by atoms with Gasteiger partial charge >= 0.3 is 0 Å². The highest BCUT2D eigenvalue weighted by Crippen LogP contribution is 2.33. The Bertz CT molecular complexity index is 551. The molecule has 1 amide bonds. The smallest absolute Gasteiger partial charge is 0.250 e. The molecule has 0 saturated heterocycles. The van der Waals surface area contributed by atoms with E-state index in [1.54, 1.807) is 12.2 Å². The summed E-state index contributed by atoms with van der Waals surface area (Å²) < 4.78 is 1.06. The average Bonchev–Trinajstić information content (AvgIpc) is 2.60. The summed E-state index contributed by atoms with van der Waals surface area (Å²) in [6.45, 7) is 0. The lowest BCUT2D eigenvalue weighted by Crippen LogP contribution is -2.17. The van der Waals surface area contributed by atoms with E-state index in [4.69, 9.17) is 23.1 Å². The summed E-state index contributed by atoms with van der Waals surface area (Å²) in [5, 5.41) is 0.660. The minimum Gasteiger partial charge on any atom is -0.398 e. The molecule has 0 fully saturated rings. The third-order valence-electron chi connectivity index (χ3n) is 2.60. The van der Waals surface area contributed by atoms with E-state index in [1.807, 2.05) is 18.2 Å². The maximum Gasteiger partial charge on any atom is 0.250 e. The molecule has 0 saturated carbocycles. The second kappa shape index (κ2) is 4.70. The molecule has 2 rings (SSSR count). The first-order valence-electron chi connectivity index (χ1n) is 4.93. The highest BCUT2D eigenvalue weighted by atomic mass is 127. The third-order valence-corrected chi connectivity index (χ3v) is 3.60. The molecule has 1 aromatic rings. The molecule has 0 spiro atoms. The molecular formula is C12H10ClIN2O. The Morgan fingerprint density at radius 1 is 1.35 bits per heavy atom. The third kappa shape index (κ3) is 2.47. The first-order chi connectivity index (χ1) is 7.99. The van der Waals surface area contributed by atoms with Crippen LogP contribution in [0.2, 0.25) is 5.02 Å². The zero-order valence-corrected chi connectivity index (χ0v) is 11.7. The van der Waals surface area contributed by atoms with Gasteiger partial charge in [-0.2, -0.15) is 0 Å². The summed E-state index contributed by atoms with van der Waals surface area (Å²) in [6, 6.07) is 5.76. The molecule has 0 aromatic heterocycles. The molecule has 88 valence electrons. The summed E-state index contributed by atoms with van der Waals surface area (Å²) in [5.41, 5.74) is 12.7. The van der Waals surface area contributed by atoms with E-state index in [9.17, 15) is 4.79 Å². The number of amides is 1. The first-order valence-corrected chi connectivity index (χ1v) is 6.39. The van der Waals surface area contributed by atoms with E-state index in [1.165, 1.54) is 0 Å². The number of hydrogen-bond acceptors (Lipinski definition) is 2. The van der Waals surface area contributed by atoms with Crippen LogP contribution in [0.1, 0.15) is 11.5 Å². The van der Waals surface area contributed by atoms with Crippen molar-refractivity contribution in [2.45, 2.75) is 5.92 Å². The number of halogens is 2. The van der Waals surface area contributed by atoms with Crippen LogP contribution in [0.4, 0.5) is 0 Å². The monoisotopic (exact) mass is 360 g/mol. The largest absolute Gasteiger partial charge is 0.398 e. The lowest BCUT2D eigenvalue weighted by molar-refractivity contribution is -0.114. The second-order valence-electron chi connectivity index (χ2n) is 3.76. The van der Waals surface area contributed by atoms with E-state index in [0.717, 1.165) is 9.13 Å². The molecule has 1 unspecified atom stereocenters. The van der Waals surface area contributed by atoms with Crippen molar-refractivity contribution in [3.05, 3.63) is 55.8 Å². The standard InChI is InChI=1S/C12H10ClIN2O/c13-10-5-7(14)1-2-8(10)6-3-9(12(16)17)11(15)4-6/h1-6H,15H2,(H2,16,17). The zero-order valence-electron chi connectivity index (χ0n) is 8.78. The molecule has 17 heavy (non-hydrogen) atoms. The summed E-state index contributed by atoms with van der Waals surface area (Å²) in [6.07, 6.45) is 3.53. The fourth-order valence-corrected chi connectivity index (χ4v) is 2.76. The highest BCUT2D eigenvalue weighted by Gasteiger charge is 2.21. The average molecular weight is 361 g/mol. The van der Waals surface area contributed by atoms with Gasteiger partial charge < -0.3 is 11.5 Å². The Labute approximate surface area is 118 Å². The van der Waals surface area contributed by atoms with Crippen LogP contribution in [0.15, 0.2) is 41.6 Å². The van der Waals surface area contributed by atoms with Gasteiger partial charge in [0.1, 0.15) is 0 Å². The lowest BCUT2D eigenvalue weighted by Gasteiger charge is -2.08. The molecule has 4 N–H and O–H groups in total. The van der Waals surface area contributed by atoms with Gasteiger partial charge in [0.2, 0.25) is 5.91 Å². The molecule has 1 aromatic carbocycles. The fourth-order valence-electron chi connectivity index (χ4n) is 1.78. The normalized spacial score (nSPS) is 18.8. The maximum absolute atomic E-state index is 11.1. The number of benzene rings is 1. The zero-order chi connectivity index (χ0) is 12.6. The minimum absolute atomic E-state index is 0.0815. The van der Waals surface area contributed by atoms with Crippen molar-refractivity contribution in [3.63, 3.8) is 0 Å². The van der Waals surface area contributed by atoms with Crippen LogP contribution in [0.25, 0.3) is 0 Å². The van der Waals surface area contributed by atoms with Crippen molar-refractivity contribution in [3.8, 4) is 0 Å². The number of nitrogens with two attached hydrogens (primary N) is 2. The SMILES string of the molecule is NC(=O)C1=CC(c2ccc(I)cc2Cl)C=C1N. The summed E-state index contributed by atoms with van der Waals surface area (Å²) >= 11 is 8.35. The number of primary amides is 1. The van der Waals surface area contributed by atoms with Crippen LogP contribution in [-0.2, 0) is 4.79 Å². The molecule has 3 nitrogen and oxygen atoms in total. The van der Waals surface area contributed by atoms with Crippen LogP contribution in [0.3, 0.4) is 0 Å². The van der Waals surface area contributed by atoms with Crippen molar-refractivity contribution >= 4 is 40.1 Å². The summed E-state index contributed by atoms with van der Waals surface area (Å²) in [5.74, 6) is -0.593. The van der Waals surface area contributed by atoms with Gasteiger partial charge in [-0.15, -0.1) is 0 Å². The van der Waals surface area contributed by atoms with Gasteiger partial charge in [0.25, 0.3) is 0 Å². The van der Waals surface area contributed by atoms with Gasteiger partial charge in [-0.3, -0.25) is 4.79 Å². The Kier molecular flexibility index (Phi) is 3.44. The van der Waals surface area contributed by atoms with Crippen molar-refractivity contribution in [1.29, 1.82) is 0 Å². The molecule has 0 radical (unpaired) electrons. The van der Waals surface area contributed by atoms with E-state index in [-0.39, 0.29) is 5.92 Å². The van der Waals surface area contributed by atoms with Crippen LogP contribution in [0, 0.1) is 3.57 Å². The minimum atomic E-state index is -0.511. The van der Waals surface area contributed by atoms with Crippen LogP contribution < -0.4 is 11.5 Å². The van der Waals surface area contributed by atoms with Crippen molar-refractivity contribution in [2.24, 2.45) is 11.5 Å². The molecule has 1 atom stereocenters. The number of carbonyl (C=O) groups is 1. The van der Waals surface area contributed by atoms with Gasteiger partial charge in [-0.1, -0.05) is 23.7 Å². The lowest BCUT2D eigenvalue weighted by atomic mass is 10.0. The molecule has 1 aliphatic carbocycles. The van der Waals surface area contributed by atoms with Crippen molar-refractivity contribution in [2.75, 3.05) is 0 Å². The molecule has 5 heteroatoms. The fraction of sp³-hybridized carbons (Fsp3) is 0.0833. The van der Waals surface area contributed by atoms with Gasteiger partial charge in [0, 0.05) is 20.2 Å². The highest BCUT2D eigenvalue weighted by molar-refractivity contribution is 14.1. The topological polar surface area (TPSA) is 69.1 Å². The number of rotatable bonds is 2. The Morgan fingerprint density at radius 3 is 2.59 bits per heavy atom. The maximum atomic E-state index is 11.1. The molecule has 0 bridgehead atoms.